The number of para-hydroxylation sites is 1. The molecule has 30 heavy (non-hydrogen) atoms. The molecule has 2 aliphatic rings. The molecule has 0 aromatic heterocycles. The molecule has 5 nitrogen and oxygen atoms in total. The van der Waals surface area contributed by atoms with Crippen molar-refractivity contribution in [3.8, 4) is 5.75 Å². The van der Waals surface area contributed by atoms with Crippen molar-refractivity contribution in [3.05, 3.63) is 72.0 Å². The highest BCUT2D eigenvalue weighted by atomic mass is 16.7. The second-order valence-corrected chi connectivity index (χ2v) is 7.77. The van der Waals surface area contributed by atoms with E-state index in [1.165, 1.54) is 0 Å². The summed E-state index contributed by atoms with van der Waals surface area (Å²) in [4.78, 5) is 5.71. The summed E-state index contributed by atoms with van der Waals surface area (Å²) in [5, 5.41) is 14.9. The number of nitrogens with zero attached hydrogens (tertiary/aromatic N) is 1. The van der Waals surface area contributed by atoms with Crippen molar-refractivity contribution in [2.75, 3.05) is 32.8 Å². The van der Waals surface area contributed by atoms with E-state index in [2.05, 4.69) is 24.0 Å². The molecule has 0 saturated carbocycles. The summed E-state index contributed by atoms with van der Waals surface area (Å²) in [6.45, 7) is 12.3. The third-order valence-corrected chi connectivity index (χ3v) is 5.71. The summed E-state index contributed by atoms with van der Waals surface area (Å²) in [7, 11) is 0. The fraction of sp³-hybridized carbons (Fsp3) is 0.440. The van der Waals surface area contributed by atoms with Gasteiger partial charge in [-0.3, -0.25) is 4.84 Å². The number of hydrogen-bond donors (Lipinski definition) is 2. The molecule has 2 aliphatic heterocycles. The molecule has 162 valence electrons. The lowest BCUT2D eigenvalue weighted by molar-refractivity contribution is -0.143. The fourth-order valence-electron chi connectivity index (χ4n) is 3.94. The van der Waals surface area contributed by atoms with Crippen LogP contribution in [0.1, 0.15) is 38.7 Å². The normalized spacial score (nSPS) is 22.0. The molecule has 2 heterocycles. The van der Waals surface area contributed by atoms with Crippen molar-refractivity contribution < 1.29 is 14.7 Å². The highest BCUT2D eigenvalue weighted by Gasteiger charge is 2.36. The molecular weight excluding hydrogens is 376 g/mol. The van der Waals surface area contributed by atoms with E-state index in [4.69, 9.17) is 9.57 Å². The van der Waals surface area contributed by atoms with Crippen LogP contribution in [0.25, 0.3) is 5.57 Å². The molecule has 0 aliphatic carbocycles. The van der Waals surface area contributed by atoms with Gasteiger partial charge < -0.3 is 15.2 Å². The number of fused-ring (bicyclic) bond motifs is 1. The van der Waals surface area contributed by atoms with Crippen molar-refractivity contribution in [1.29, 1.82) is 0 Å². The van der Waals surface area contributed by atoms with Gasteiger partial charge in [-0.25, -0.2) is 0 Å². The Kier molecular flexibility index (Phi) is 7.91. The monoisotopic (exact) mass is 410 g/mol. The van der Waals surface area contributed by atoms with Crippen molar-refractivity contribution >= 4 is 5.57 Å². The molecule has 1 atom stereocenters. The lowest BCUT2D eigenvalue weighted by Gasteiger charge is -2.36. The van der Waals surface area contributed by atoms with Gasteiger partial charge in [-0.1, -0.05) is 50.8 Å². The first-order valence-corrected chi connectivity index (χ1v) is 10.9. The van der Waals surface area contributed by atoms with E-state index >= 15 is 0 Å². The largest absolute Gasteiger partial charge is 0.515 e. The topological polar surface area (TPSA) is 54.0 Å². The zero-order valence-electron chi connectivity index (χ0n) is 18.2. The average Bonchev–Trinajstić information content (AvgIpc) is 3.00. The predicted molar refractivity (Wildman–Crippen MR) is 122 cm³/mol. The predicted octanol–water partition coefficient (Wildman–Crippen LogP) is 4.80. The van der Waals surface area contributed by atoms with Crippen LogP contribution in [0.4, 0.5) is 0 Å². The van der Waals surface area contributed by atoms with Gasteiger partial charge >= 0.3 is 0 Å². The molecule has 1 fully saturated rings. The van der Waals surface area contributed by atoms with E-state index in [1.807, 2.05) is 49.3 Å². The SMILES string of the molecule is C=C(/C=C\C(=C/O)CON(CC)CC)C1=CC2(CCCNCC2)Oc2ccccc21. The second-order valence-electron chi connectivity index (χ2n) is 7.77. The summed E-state index contributed by atoms with van der Waals surface area (Å²) >= 11 is 0. The van der Waals surface area contributed by atoms with Gasteiger partial charge in [0.25, 0.3) is 0 Å². The first kappa shape index (κ1) is 22.3. The van der Waals surface area contributed by atoms with E-state index in [-0.39, 0.29) is 5.60 Å². The van der Waals surface area contributed by atoms with E-state index < -0.39 is 0 Å². The number of allylic oxidation sites excluding steroid dienone is 3. The highest BCUT2D eigenvalue weighted by molar-refractivity contribution is 5.86. The first-order chi connectivity index (χ1) is 14.6. The van der Waals surface area contributed by atoms with Crippen molar-refractivity contribution in [1.82, 2.24) is 10.4 Å². The second kappa shape index (κ2) is 10.6. The molecule has 2 N–H and O–H groups in total. The number of ether oxygens (including phenoxy) is 1. The minimum Gasteiger partial charge on any atom is -0.515 e. The van der Waals surface area contributed by atoms with Crippen LogP contribution in [0.15, 0.2) is 66.5 Å². The van der Waals surface area contributed by atoms with Crippen LogP contribution in [-0.4, -0.2) is 48.6 Å². The maximum Gasteiger partial charge on any atom is 0.129 e. The minimum absolute atomic E-state index is 0.300. The third kappa shape index (κ3) is 5.42. The molecule has 1 spiro atoms. The van der Waals surface area contributed by atoms with E-state index in [1.54, 1.807) is 0 Å². The standard InChI is InChI=1S/C25H34N2O3/c1-4-27(5-2)29-19-21(18-28)12-11-20(3)23-17-25(13-8-15-26-16-14-25)30-24-10-7-6-9-22(23)24/h6-7,9-12,17-18,26,28H,3-5,8,13-16,19H2,1-2H3/b12-11-,21-18+. The van der Waals surface area contributed by atoms with Crippen LogP contribution in [0.5, 0.6) is 5.75 Å². The van der Waals surface area contributed by atoms with Gasteiger partial charge in [-0.2, -0.15) is 5.06 Å². The molecule has 5 heteroatoms. The zero-order valence-corrected chi connectivity index (χ0v) is 18.2. The summed E-state index contributed by atoms with van der Waals surface area (Å²) in [6, 6.07) is 8.15. The molecule has 1 saturated heterocycles. The van der Waals surface area contributed by atoms with Gasteiger partial charge in [0, 0.05) is 30.6 Å². The Bertz CT molecular complexity index is 813. The molecule has 0 radical (unpaired) electrons. The van der Waals surface area contributed by atoms with Gasteiger partial charge in [0.2, 0.25) is 0 Å². The quantitative estimate of drug-likeness (QED) is 0.366. The number of nitrogens with one attached hydrogen (secondary N) is 1. The van der Waals surface area contributed by atoms with Crippen molar-refractivity contribution in [2.45, 2.75) is 38.7 Å². The molecular formula is C25H34N2O3. The third-order valence-electron chi connectivity index (χ3n) is 5.71. The molecule has 1 unspecified atom stereocenters. The van der Waals surface area contributed by atoms with Crippen LogP contribution >= 0.6 is 0 Å². The van der Waals surface area contributed by atoms with Crippen LogP contribution in [0, 0.1) is 0 Å². The summed E-state index contributed by atoms with van der Waals surface area (Å²) in [5.41, 5.74) is 3.44. The molecule has 3 rings (SSSR count). The Hall–Kier alpha value is -2.34. The highest BCUT2D eigenvalue weighted by Crippen LogP contribution is 2.42. The number of hydroxylamine groups is 2. The van der Waals surface area contributed by atoms with Crippen LogP contribution in [0.2, 0.25) is 0 Å². The number of rotatable bonds is 8. The zero-order chi connectivity index (χ0) is 21.4. The molecule has 1 aromatic carbocycles. The maximum absolute atomic E-state index is 9.61. The van der Waals surface area contributed by atoms with Gasteiger partial charge in [0.05, 0.1) is 12.9 Å². The van der Waals surface area contributed by atoms with Crippen molar-refractivity contribution in [2.24, 2.45) is 0 Å². The molecule has 0 bridgehead atoms. The summed E-state index contributed by atoms with van der Waals surface area (Å²) in [6.07, 6.45) is 10.2. The Morgan fingerprint density at radius 2 is 2.03 bits per heavy atom. The lowest BCUT2D eigenvalue weighted by atomic mass is 9.84. The summed E-state index contributed by atoms with van der Waals surface area (Å²) in [5.74, 6) is 0.911. The summed E-state index contributed by atoms with van der Waals surface area (Å²) < 4.78 is 6.50. The van der Waals surface area contributed by atoms with E-state index in [9.17, 15) is 5.11 Å². The number of benzene rings is 1. The smallest absolute Gasteiger partial charge is 0.129 e. The van der Waals surface area contributed by atoms with Gasteiger partial charge in [0.15, 0.2) is 0 Å². The number of hydrogen-bond acceptors (Lipinski definition) is 5. The van der Waals surface area contributed by atoms with Crippen molar-refractivity contribution in [3.63, 3.8) is 0 Å². The van der Waals surface area contributed by atoms with Crippen LogP contribution in [-0.2, 0) is 4.84 Å². The van der Waals surface area contributed by atoms with Gasteiger partial charge in [-0.05, 0) is 49.2 Å². The molecule has 1 aromatic rings. The Morgan fingerprint density at radius 3 is 2.80 bits per heavy atom. The lowest BCUT2D eigenvalue weighted by Crippen LogP contribution is -2.37. The average molecular weight is 411 g/mol. The van der Waals surface area contributed by atoms with E-state index in [0.717, 1.165) is 74.2 Å². The Balaban J connectivity index is 1.81. The Morgan fingerprint density at radius 1 is 1.23 bits per heavy atom. The fourth-order valence-corrected chi connectivity index (χ4v) is 3.94. The van der Waals surface area contributed by atoms with E-state index in [0.29, 0.717) is 12.2 Å². The minimum atomic E-state index is -0.300. The first-order valence-electron chi connectivity index (χ1n) is 10.9. The van der Waals surface area contributed by atoms with Gasteiger partial charge in [0.1, 0.15) is 11.4 Å². The number of aliphatic hydroxyl groups excluding tert-OH is 1. The Labute approximate surface area is 180 Å². The number of aliphatic hydroxyl groups is 1. The van der Waals surface area contributed by atoms with Crippen LogP contribution in [0.3, 0.4) is 0 Å². The molecule has 0 amide bonds. The van der Waals surface area contributed by atoms with Crippen LogP contribution < -0.4 is 10.1 Å². The van der Waals surface area contributed by atoms with Gasteiger partial charge in [-0.15, -0.1) is 0 Å². The maximum atomic E-state index is 9.61.